The minimum absolute atomic E-state index is 0. The number of hydrogen-bond acceptors (Lipinski definition) is 5. The Labute approximate surface area is 298 Å². The minimum atomic E-state index is -2.90. The lowest BCUT2D eigenvalue weighted by atomic mass is 10.4. The predicted molar refractivity (Wildman–Crippen MR) is 232 cm³/mol. The fourth-order valence-electron chi connectivity index (χ4n) is 4.77. The van der Waals surface area contributed by atoms with Gasteiger partial charge in [-0.25, -0.2) is 0 Å². The fraction of sp³-hybridized carbons (Fsp3) is 0.647. The zero-order valence-corrected chi connectivity index (χ0v) is 35.3. The summed E-state index contributed by atoms with van der Waals surface area (Å²) in [6.45, 7) is 35.3. The van der Waals surface area contributed by atoms with Crippen LogP contribution in [-0.4, -0.2) is 59.0 Å². The van der Waals surface area contributed by atoms with Gasteiger partial charge in [0.2, 0.25) is 0 Å². The van der Waals surface area contributed by atoms with Gasteiger partial charge >= 0.3 is 25.7 Å². The first-order chi connectivity index (χ1) is 17.7. The van der Waals surface area contributed by atoms with Crippen molar-refractivity contribution in [3.8, 4) is 0 Å². The summed E-state index contributed by atoms with van der Waals surface area (Å²) in [4.78, 5) is 0. The highest BCUT2D eigenvalue weighted by molar-refractivity contribution is 7.02. The summed E-state index contributed by atoms with van der Waals surface area (Å²) < 4.78 is 32.8. The molecule has 5 nitrogen and oxygen atoms in total. The number of hydrogen-bond donors (Lipinski definition) is 0. The predicted octanol–water partition coefficient (Wildman–Crippen LogP) is 11.9. The average Bonchev–Trinajstić information content (AvgIpc) is 2.68. The van der Waals surface area contributed by atoms with Gasteiger partial charge in [0, 0.05) is 0 Å². The standard InChI is InChI=1S/C20H34O3Si4.C8H24O2Si3.6CH4/c1-24(2,3)21-26(7,8)23-27(22-25(4,5)6,19-15-11-9-12-16-19)20-17-13-10-14-18-20;1-11(2,3)9-13(7,8)10-12(4,5)6;;;;;;/h9-18H,1-8H3;1-8H3;6*1H4. The van der Waals surface area contributed by atoms with Gasteiger partial charge in [0.05, 0.1) is 0 Å². The highest BCUT2D eigenvalue weighted by Crippen LogP contribution is 2.25. The third kappa shape index (κ3) is 24.0. The molecule has 2 aromatic carbocycles. The lowest BCUT2D eigenvalue weighted by Crippen LogP contribution is -2.71. The highest BCUT2D eigenvalue weighted by atomic mass is 28.5. The summed E-state index contributed by atoms with van der Waals surface area (Å²) in [5.74, 6) is 0. The third-order valence-corrected chi connectivity index (χ3v) is 27.0. The van der Waals surface area contributed by atoms with Gasteiger partial charge in [-0.1, -0.05) is 105 Å². The second-order valence-corrected chi connectivity index (χ2v) is 44.1. The Morgan fingerprint density at radius 2 is 0.522 bits per heavy atom. The summed E-state index contributed by atoms with van der Waals surface area (Å²) in [6.07, 6.45) is 0. The summed E-state index contributed by atoms with van der Waals surface area (Å²) >= 11 is 0. The van der Waals surface area contributed by atoms with Gasteiger partial charge in [-0.15, -0.1) is 0 Å². The van der Waals surface area contributed by atoms with Crippen LogP contribution in [0.3, 0.4) is 0 Å². The number of benzene rings is 2. The largest absolute Gasteiger partial charge is 0.437 e. The Bertz CT molecular complexity index is 969. The Balaban J connectivity index is -0.000000184. The molecule has 0 saturated carbocycles. The van der Waals surface area contributed by atoms with Crippen molar-refractivity contribution in [1.82, 2.24) is 0 Å². The molecule has 0 atom stereocenters. The van der Waals surface area contributed by atoms with Crippen LogP contribution in [0.1, 0.15) is 44.6 Å². The zero-order chi connectivity index (χ0) is 31.3. The van der Waals surface area contributed by atoms with Gasteiger partial charge in [0.25, 0.3) is 0 Å². The van der Waals surface area contributed by atoms with Crippen LogP contribution in [0.2, 0.25) is 105 Å². The van der Waals surface area contributed by atoms with Crippen molar-refractivity contribution in [2.24, 2.45) is 0 Å². The van der Waals surface area contributed by atoms with Crippen molar-refractivity contribution >= 4 is 69.3 Å². The van der Waals surface area contributed by atoms with Crippen molar-refractivity contribution in [3.63, 3.8) is 0 Å². The third-order valence-electron chi connectivity index (χ3n) is 4.80. The molecule has 0 aromatic heterocycles. The fourth-order valence-corrected chi connectivity index (χ4v) is 33.8. The maximum Gasteiger partial charge on any atom is 0.388 e. The van der Waals surface area contributed by atoms with Gasteiger partial charge in [-0.2, -0.15) is 0 Å². The molecule has 0 aliphatic heterocycles. The molecule has 0 amide bonds. The molecule has 0 heterocycles. The van der Waals surface area contributed by atoms with Crippen LogP contribution >= 0.6 is 0 Å². The van der Waals surface area contributed by atoms with Crippen molar-refractivity contribution < 1.29 is 20.6 Å². The highest BCUT2D eigenvalue weighted by Gasteiger charge is 2.51. The molecule has 0 spiro atoms. The van der Waals surface area contributed by atoms with Gasteiger partial charge in [-0.3, -0.25) is 0 Å². The van der Waals surface area contributed by atoms with Crippen molar-refractivity contribution in [3.05, 3.63) is 60.7 Å². The average molecular weight is 768 g/mol. The molecule has 0 saturated heterocycles. The van der Waals surface area contributed by atoms with E-state index < -0.39 is 59.0 Å². The van der Waals surface area contributed by atoms with Gasteiger partial charge in [0.15, 0.2) is 33.3 Å². The van der Waals surface area contributed by atoms with Crippen LogP contribution in [0.25, 0.3) is 0 Å². The zero-order valence-electron chi connectivity index (χ0n) is 28.3. The van der Waals surface area contributed by atoms with E-state index in [0.717, 1.165) is 10.4 Å². The van der Waals surface area contributed by atoms with Crippen molar-refractivity contribution in [2.45, 2.75) is 149 Å². The van der Waals surface area contributed by atoms with Crippen molar-refractivity contribution in [1.29, 1.82) is 0 Å². The maximum atomic E-state index is 7.05. The second kappa shape index (κ2) is 21.8. The molecule has 12 heteroatoms. The molecule has 276 valence electrons. The van der Waals surface area contributed by atoms with E-state index in [-0.39, 0.29) is 44.6 Å². The lowest BCUT2D eigenvalue weighted by Gasteiger charge is -2.43. The smallest absolute Gasteiger partial charge is 0.388 e. The Hall–Kier alpha value is -0.242. The molecule has 0 radical (unpaired) electrons. The molecule has 2 aromatic rings. The normalized spacial score (nSPS) is 12.2. The molecule has 0 aliphatic carbocycles. The van der Waals surface area contributed by atoms with E-state index in [1.54, 1.807) is 0 Å². The molecule has 0 unspecified atom stereocenters. The quantitative estimate of drug-likeness (QED) is 0.201. The molecule has 0 aliphatic rings. The molecule has 2 rings (SSSR count). The van der Waals surface area contributed by atoms with Crippen LogP contribution in [0, 0.1) is 0 Å². The van der Waals surface area contributed by atoms with E-state index in [2.05, 4.69) is 153 Å². The van der Waals surface area contributed by atoms with Gasteiger partial charge < -0.3 is 20.6 Å². The lowest BCUT2D eigenvalue weighted by molar-refractivity contribution is 0.343. The Morgan fingerprint density at radius 3 is 0.739 bits per heavy atom. The van der Waals surface area contributed by atoms with Crippen molar-refractivity contribution in [2.75, 3.05) is 0 Å². The van der Waals surface area contributed by atoms with Crippen LogP contribution < -0.4 is 10.4 Å². The SMILES string of the molecule is C.C.C.C.C.C.C[Si](C)(C)O[Si](C)(C)O[Si](C)(C)C.C[Si](C)(C)O[Si](C)(C)O[Si](O[Si](C)(C)C)(c1ccccc1)c1ccccc1. The monoisotopic (exact) mass is 766 g/mol. The molecule has 0 bridgehead atoms. The van der Waals surface area contributed by atoms with Crippen LogP contribution in [-0.2, 0) is 20.6 Å². The summed E-state index contributed by atoms with van der Waals surface area (Å²) in [7, 11) is -13.7. The Kier molecular flexibility index (Phi) is 27.4. The van der Waals surface area contributed by atoms with E-state index in [1.807, 2.05) is 12.1 Å². The van der Waals surface area contributed by atoms with E-state index in [1.165, 1.54) is 0 Å². The van der Waals surface area contributed by atoms with E-state index in [9.17, 15) is 0 Å². The number of rotatable bonds is 12. The van der Waals surface area contributed by atoms with Crippen LogP contribution in [0.4, 0.5) is 0 Å². The first-order valence-corrected chi connectivity index (χ1v) is 35.4. The van der Waals surface area contributed by atoms with Gasteiger partial charge in [-0.05, 0) is 115 Å². The molecule has 46 heavy (non-hydrogen) atoms. The second-order valence-electron chi connectivity index (χ2n) is 15.1. The molecule has 0 N–H and O–H groups in total. The molecule has 0 fully saturated rings. The summed E-state index contributed by atoms with van der Waals surface area (Å²) in [5.41, 5.74) is 0. The first-order valence-electron chi connectivity index (χ1n) is 14.4. The minimum Gasteiger partial charge on any atom is -0.437 e. The molecular formula is C34H82O5Si7. The van der Waals surface area contributed by atoms with Crippen LogP contribution in [0.5, 0.6) is 0 Å². The van der Waals surface area contributed by atoms with E-state index >= 15 is 0 Å². The summed E-state index contributed by atoms with van der Waals surface area (Å²) in [6, 6.07) is 21.0. The topological polar surface area (TPSA) is 46.2 Å². The Morgan fingerprint density at radius 1 is 0.304 bits per heavy atom. The summed E-state index contributed by atoms with van der Waals surface area (Å²) in [5, 5.41) is 2.30. The van der Waals surface area contributed by atoms with Gasteiger partial charge in [0.1, 0.15) is 0 Å². The molecular weight excluding hydrogens is 685 g/mol. The van der Waals surface area contributed by atoms with Crippen LogP contribution in [0.15, 0.2) is 60.7 Å². The van der Waals surface area contributed by atoms with E-state index in [4.69, 9.17) is 20.6 Å². The maximum absolute atomic E-state index is 7.05. The first kappa shape index (κ1) is 58.0. The van der Waals surface area contributed by atoms with E-state index in [0.29, 0.717) is 0 Å².